The summed E-state index contributed by atoms with van der Waals surface area (Å²) in [5.41, 5.74) is 0.664. The van der Waals surface area contributed by atoms with Crippen molar-refractivity contribution < 1.29 is 21.9 Å². The number of alkyl halides is 2. The normalized spacial score (nSPS) is 18.3. The van der Waals surface area contributed by atoms with Crippen LogP contribution in [0.1, 0.15) is 12.8 Å². The zero-order valence-electron chi connectivity index (χ0n) is 13.3. The molecule has 0 unspecified atom stereocenters. The molecule has 2 rings (SSSR count). The number of rotatable bonds is 6. The Morgan fingerprint density at radius 1 is 1.22 bits per heavy atom. The van der Waals surface area contributed by atoms with Gasteiger partial charge in [0.05, 0.1) is 4.90 Å². The molecule has 0 radical (unpaired) electrons. The van der Waals surface area contributed by atoms with Crippen LogP contribution in [0.15, 0.2) is 29.2 Å². The molecule has 1 N–H and O–H groups in total. The van der Waals surface area contributed by atoms with E-state index in [1.165, 1.54) is 24.3 Å². The fourth-order valence-corrected chi connectivity index (χ4v) is 3.39. The molecule has 1 aliphatic heterocycles. The average Bonchev–Trinajstić information content (AvgIpc) is 2.54. The lowest BCUT2D eigenvalue weighted by atomic mass is 9.88. The molecule has 1 saturated heterocycles. The predicted molar refractivity (Wildman–Crippen MR) is 84.6 cm³/mol. The van der Waals surface area contributed by atoms with Gasteiger partial charge in [0, 0.05) is 31.0 Å². The van der Waals surface area contributed by atoms with Crippen LogP contribution >= 0.6 is 0 Å². The van der Waals surface area contributed by atoms with Crippen molar-refractivity contribution in [1.29, 1.82) is 0 Å². The lowest BCUT2D eigenvalue weighted by Gasteiger charge is -2.43. The van der Waals surface area contributed by atoms with Crippen molar-refractivity contribution in [3.63, 3.8) is 0 Å². The summed E-state index contributed by atoms with van der Waals surface area (Å²) in [6.45, 7) is 2.07. The van der Waals surface area contributed by atoms with Crippen LogP contribution in [0.5, 0.6) is 0 Å². The number of hydrogen-bond acceptors (Lipinski definition) is 5. The summed E-state index contributed by atoms with van der Waals surface area (Å²) in [6, 6.07) is 5.43. The molecular formula is C15H22F2N2O3S. The second kappa shape index (κ2) is 7.11. The molecule has 8 heteroatoms. The molecule has 0 bridgehead atoms. The molecule has 130 valence electrons. The molecular weight excluding hydrogens is 326 g/mol. The molecule has 0 aliphatic carbocycles. The minimum absolute atomic E-state index is 0.0357. The zero-order chi connectivity index (χ0) is 17.1. The molecule has 1 heterocycles. The van der Waals surface area contributed by atoms with Gasteiger partial charge in [-0.1, -0.05) is 0 Å². The molecule has 0 aromatic heterocycles. The Balaban J connectivity index is 2.06. The Labute approximate surface area is 135 Å². The van der Waals surface area contributed by atoms with Crippen molar-refractivity contribution in [3.05, 3.63) is 24.3 Å². The summed E-state index contributed by atoms with van der Waals surface area (Å²) in [7, 11) is -0.502. The standard InChI is InChI=1S/C15H22F2N2O3S/c1-19(2)15(7-9-22-10-8-15)11-18-12-3-5-13(6-4-12)23(20,21)14(16)17/h3-6,14,18H,7-11H2,1-2H3. The van der Waals surface area contributed by atoms with Gasteiger partial charge in [0.2, 0.25) is 9.84 Å². The number of nitrogens with zero attached hydrogens (tertiary/aromatic N) is 1. The van der Waals surface area contributed by atoms with Gasteiger partial charge in [-0.25, -0.2) is 8.42 Å². The first kappa shape index (κ1) is 18.1. The van der Waals surface area contributed by atoms with E-state index in [2.05, 4.69) is 10.2 Å². The molecule has 1 aromatic carbocycles. The SMILES string of the molecule is CN(C)C1(CNc2ccc(S(=O)(=O)C(F)F)cc2)CCOCC1. The highest BCUT2D eigenvalue weighted by atomic mass is 32.2. The van der Waals surface area contributed by atoms with Crippen LogP contribution in [0.2, 0.25) is 0 Å². The quantitative estimate of drug-likeness (QED) is 0.854. The van der Waals surface area contributed by atoms with Crippen molar-refractivity contribution in [2.45, 2.75) is 29.0 Å². The third-order valence-electron chi connectivity index (χ3n) is 4.41. The smallest absolute Gasteiger partial charge is 0.341 e. The number of ether oxygens (including phenoxy) is 1. The van der Waals surface area contributed by atoms with E-state index in [9.17, 15) is 17.2 Å². The molecule has 0 spiro atoms. The van der Waals surface area contributed by atoms with E-state index < -0.39 is 15.6 Å². The topological polar surface area (TPSA) is 58.6 Å². The van der Waals surface area contributed by atoms with E-state index in [4.69, 9.17) is 4.74 Å². The fourth-order valence-electron chi connectivity index (χ4n) is 2.67. The van der Waals surface area contributed by atoms with Gasteiger partial charge in [0.1, 0.15) is 0 Å². The van der Waals surface area contributed by atoms with Gasteiger partial charge in [-0.3, -0.25) is 0 Å². The summed E-state index contributed by atoms with van der Waals surface area (Å²) in [4.78, 5) is 1.80. The van der Waals surface area contributed by atoms with Crippen LogP contribution in [0.4, 0.5) is 14.5 Å². The summed E-state index contributed by atoms with van der Waals surface area (Å²) >= 11 is 0. The first-order chi connectivity index (χ1) is 10.8. The Kier molecular flexibility index (Phi) is 5.59. The van der Waals surface area contributed by atoms with E-state index in [1.54, 1.807) is 0 Å². The van der Waals surface area contributed by atoms with Crippen LogP contribution in [-0.4, -0.2) is 58.5 Å². The van der Waals surface area contributed by atoms with E-state index in [0.29, 0.717) is 25.4 Å². The predicted octanol–water partition coefficient (Wildman–Crippen LogP) is 2.21. The molecule has 0 saturated carbocycles. The van der Waals surface area contributed by atoms with Gasteiger partial charge >= 0.3 is 5.76 Å². The number of nitrogens with one attached hydrogen (secondary N) is 1. The Morgan fingerprint density at radius 3 is 2.26 bits per heavy atom. The Hall–Kier alpha value is -1.25. The van der Waals surface area contributed by atoms with Crippen molar-refractivity contribution >= 4 is 15.5 Å². The van der Waals surface area contributed by atoms with E-state index in [-0.39, 0.29) is 10.4 Å². The first-order valence-corrected chi connectivity index (χ1v) is 8.94. The summed E-state index contributed by atoms with van der Waals surface area (Å²) < 4.78 is 53.2. The lowest BCUT2D eigenvalue weighted by Crippen LogP contribution is -2.53. The summed E-state index contributed by atoms with van der Waals surface area (Å²) in [5, 5.41) is 3.26. The lowest BCUT2D eigenvalue weighted by molar-refractivity contribution is -0.000628. The van der Waals surface area contributed by atoms with Crippen LogP contribution in [0, 0.1) is 0 Å². The number of likely N-dealkylation sites (N-methyl/N-ethyl adjacent to an activating group) is 1. The van der Waals surface area contributed by atoms with Crippen molar-refractivity contribution in [3.8, 4) is 0 Å². The van der Waals surface area contributed by atoms with Crippen molar-refractivity contribution in [2.75, 3.05) is 39.2 Å². The molecule has 23 heavy (non-hydrogen) atoms. The Bertz CT molecular complexity index is 612. The fraction of sp³-hybridized carbons (Fsp3) is 0.600. The molecule has 1 aliphatic rings. The van der Waals surface area contributed by atoms with Gasteiger partial charge in [-0.15, -0.1) is 0 Å². The van der Waals surface area contributed by atoms with Crippen LogP contribution < -0.4 is 5.32 Å². The van der Waals surface area contributed by atoms with Gasteiger partial charge < -0.3 is 15.0 Å². The highest BCUT2D eigenvalue weighted by Gasteiger charge is 2.34. The van der Waals surface area contributed by atoms with Gasteiger partial charge in [-0.05, 0) is 51.2 Å². The number of halogens is 2. The van der Waals surface area contributed by atoms with Crippen LogP contribution in [0.3, 0.4) is 0 Å². The van der Waals surface area contributed by atoms with Crippen LogP contribution in [-0.2, 0) is 14.6 Å². The van der Waals surface area contributed by atoms with Crippen LogP contribution in [0.25, 0.3) is 0 Å². The number of hydrogen-bond donors (Lipinski definition) is 1. The maximum atomic E-state index is 12.5. The molecule has 1 fully saturated rings. The van der Waals surface area contributed by atoms with E-state index >= 15 is 0 Å². The minimum atomic E-state index is -4.54. The molecule has 5 nitrogen and oxygen atoms in total. The van der Waals surface area contributed by atoms with Gasteiger partial charge in [0.25, 0.3) is 0 Å². The third kappa shape index (κ3) is 3.99. The highest BCUT2D eigenvalue weighted by molar-refractivity contribution is 7.91. The number of anilines is 1. The van der Waals surface area contributed by atoms with E-state index in [1.807, 2.05) is 14.1 Å². The van der Waals surface area contributed by atoms with E-state index in [0.717, 1.165) is 12.8 Å². The number of benzene rings is 1. The second-order valence-corrected chi connectivity index (χ2v) is 7.83. The minimum Gasteiger partial charge on any atom is -0.383 e. The largest absolute Gasteiger partial charge is 0.383 e. The average molecular weight is 348 g/mol. The van der Waals surface area contributed by atoms with Crippen molar-refractivity contribution in [2.24, 2.45) is 0 Å². The second-order valence-electron chi connectivity index (χ2n) is 5.91. The maximum Gasteiger partial charge on any atom is 0.341 e. The van der Waals surface area contributed by atoms with Gasteiger partial charge in [0.15, 0.2) is 0 Å². The number of sulfone groups is 1. The maximum absolute atomic E-state index is 12.5. The first-order valence-electron chi connectivity index (χ1n) is 7.39. The highest BCUT2D eigenvalue weighted by Crippen LogP contribution is 2.27. The zero-order valence-corrected chi connectivity index (χ0v) is 14.1. The Morgan fingerprint density at radius 2 is 1.78 bits per heavy atom. The van der Waals surface area contributed by atoms with Crippen molar-refractivity contribution in [1.82, 2.24) is 4.90 Å². The summed E-state index contributed by atoms with van der Waals surface area (Å²) in [5.74, 6) is -3.40. The van der Waals surface area contributed by atoms with Gasteiger partial charge in [-0.2, -0.15) is 8.78 Å². The molecule has 0 amide bonds. The molecule has 1 aromatic rings. The third-order valence-corrected chi connectivity index (χ3v) is 5.81. The molecule has 0 atom stereocenters. The monoisotopic (exact) mass is 348 g/mol. The summed E-state index contributed by atoms with van der Waals surface area (Å²) in [6.07, 6.45) is 1.79.